The average Bonchev–Trinajstić information content (AvgIpc) is 2.56. The molecule has 3 rings (SSSR count). The fraction of sp³-hybridized carbons (Fsp3) is 0.600. The number of aromatic carboxylic acids is 1. The number of pyridine rings is 1. The van der Waals surface area contributed by atoms with Crippen molar-refractivity contribution >= 4 is 11.8 Å². The van der Waals surface area contributed by atoms with Crippen LogP contribution in [0.4, 0.5) is 5.82 Å². The molecule has 1 aromatic rings. The summed E-state index contributed by atoms with van der Waals surface area (Å²) >= 11 is 0. The molecule has 2 fully saturated rings. The third-order valence-electron chi connectivity index (χ3n) is 4.35. The Kier molecular flexibility index (Phi) is 4.36. The second-order valence-corrected chi connectivity index (χ2v) is 5.58. The molecule has 0 radical (unpaired) electrons. The smallest absolute Gasteiger partial charge is 0.337 e. The lowest BCUT2D eigenvalue weighted by Crippen LogP contribution is -2.49. The average molecular weight is 291 g/mol. The van der Waals surface area contributed by atoms with E-state index in [4.69, 9.17) is 9.84 Å². The highest BCUT2D eigenvalue weighted by Crippen LogP contribution is 2.21. The molecule has 0 spiro atoms. The lowest BCUT2D eigenvalue weighted by molar-refractivity contribution is 0.0115. The molecule has 0 aromatic carbocycles. The molecule has 2 saturated heterocycles. The molecule has 0 amide bonds. The minimum atomic E-state index is -0.930. The Balaban J connectivity index is 1.56. The van der Waals surface area contributed by atoms with Crippen molar-refractivity contribution in [3.63, 3.8) is 0 Å². The van der Waals surface area contributed by atoms with Gasteiger partial charge in [-0.2, -0.15) is 0 Å². The zero-order valence-corrected chi connectivity index (χ0v) is 12.1. The highest BCUT2D eigenvalue weighted by Gasteiger charge is 2.26. The van der Waals surface area contributed by atoms with Gasteiger partial charge in [0.15, 0.2) is 0 Å². The fourth-order valence-corrected chi connectivity index (χ4v) is 3.10. The third kappa shape index (κ3) is 3.33. The first-order valence-electron chi connectivity index (χ1n) is 7.50. The van der Waals surface area contributed by atoms with Crippen molar-refractivity contribution in [2.75, 3.05) is 44.3 Å². The van der Waals surface area contributed by atoms with E-state index in [1.54, 1.807) is 12.1 Å². The van der Waals surface area contributed by atoms with Crippen LogP contribution < -0.4 is 4.90 Å². The summed E-state index contributed by atoms with van der Waals surface area (Å²) in [5, 5.41) is 8.90. The van der Waals surface area contributed by atoms with Gasteiger partial charge in [0.1, 0.15) is 5.82 Å². The fourth-order valence-electron chi connectivity index (χ4n) is 3.10. The number of ether oxygens (including phenoxy) is 1. The van der Waals surface area contributed by atoms with E-state index in [1.807, 2.05) is 0 Å². The van der Waals surface area contributed by atoms with E-state index in [2.05, 4.69) is 14.8 Å². The number of hydrogen-bond donors (Lipinski definition) is 1. The molecular weight excluding hydrogens is 270 g/mol. The molecule has 6 nitrogen and oxygen atoms in total. The van der Waals surface area contributed by atoms with Crippen LogP contribution in [0.3, 0.4) is 0 Å². The molecule has 0 unspecified atom stereocenters. The number of hydrogen-bond acceptors (Lipinski definition) is 5. The van der Waals surface area contributed by atoms with Crippen LogP contribution in [0.25, 0.3) is 0 Å². The van der Waals surface area contributed by atoms with Crippen LogP contribution in [0, 0.1) is 0 Å². The Morgan fingerprint density at radius 1 is 1.19 bits per heavy atom. The molecule has 1 N–H and O–H groups in total. The molecule has 0 atom stereocenters. The van der Waals surface area contributed by atoms with Crippen LogP contribution in [0.5, 0.6) is 0 Å². The van der Waals surface area contributed by atoms with Crippen molar-refractivity contribution in [3.05, 3.63) is 23.9 Å². The minimum Gasteiger partial charge on any atom is -0.478 e. The van der Waals surface area contributed by atoms with Gasteiger partial charge in [0.05, 0.1) is 18.8 Å². The Hall–Kier alpha value is -1.66. The standard InChI is InChI=1S/C15H21N3O3/c19-15(20)12-1-2-14(16-11-12)18-5-3-13(4-6-18)17-7-9-21-10-8-17/h1-2,11,13H,3-10H2,(H,19,20). The number of carbonyl (C=O) groups is 1. The van der Waals surface area contributed by atoms with E-state index in [-0.39, 0.29) is 5.56 Å². The van der Waals surface area contributed by atoms with E-state index in [0.717, 1.165) is 58.1 Å². The Bertz CT molecular complexity index is 477. The first kappa shape index (κ1) is 14.3. The monoisotopic (exact) mass is 291 g/mol. The van der Waals surface area contributed by atoms with Gasteiger partial charge in [-0.15, -0.1) is 0 Å². The number of rotatable bonds is 3. The van der Waals surface area contributed by atoms with Crippen LogP contribution >= 0.6 is 0 Å². The predicted octanol–water partition coefficient (Wildman–Crippen LogP) is 1.08. The third-order valence-corrected chi connectivity index (χ3v) is 4.35. The summed E-state index contributed by atoms with van der Waals surface area (Å²) in [5.74, 6) is -0.0551. The summed E-state index contributed by atoms with van der Waals surface area (Å²) in [6, 6.07) is 4.07. The van der Waals surface area contributed by atoms with Gasteiger partial charge in [0, 0.05) is 38.4 Å². The summed E-state index contributed by atoms with van der Waals surface area (Å²) in [6.07, 6.45) is 3.69. The molecule has 0 bridgehead atoms. The topological polar surface area (TPSA) is 65.9 Å². The SMILES string of the molecule is O=C(O)c1ccc(N2CCC(N3CCOCC3)CC2)nc1. The highest BCUT2D eigenvalue weighted by molar-refractivity contribution is 5.87. The van der Waals surface area contributed by atoms with Crippen LogP contribution in [0.1, 0.15) is 23.2 Å². The van der Waals surface area contributed by atoms with Gasteiger partial charge < -0.3 is 14.7 Å². The van der Waals surface area contributed by atoms with Crippen molar-refractivity contribution < 1.29 is 14.6 Å². The zero-order chi connectivity index (χ0) is 14.7. The van der Waals surface area contributed by atoms with Gasteiger partial charge in [-0.1, -0.05) is 0 Å². The minimum absolute atomic E-state index is 0.238. The lowest BCUT2D eigenvalue weighted by atomic mass is 10.0. The summed E-state index contributed by atoms with van der Waals surface area (Å²) < 4.78 is 5.40. The van der Waals surface area contributed by atoms with Gasteiger partial charge in [0.25, 0.3) is 0 Å². The van der Waals surface area contributed by atoms with Crippen molar-refractivity contribution in [1.29, 1.82) is 0 Å². The Morgan fingerprint density at radius 2 is 1.90 bits per heavy atom. The highest BCUT2D eigenvalue weighted by atomic mass is 16.5. The molecule has 21 heavy (non-hydrogen) atoms. The summed E-state index contributed by atoms with van der Waals surface area (Å²) in [4.78, 5) is 19.9. The van der Waals surface area contributed by atoms with Gasteiger partial charge in [0.2, 0.25) is 0 Å². The second-order valence-electron chi connectivity index (χ2n) is 5.58. The van der Waals surface area contributed by atoms with Crippen molar-refractivity contribution in [2.24, 2.45) is 0 Å². The van der Waals surface area contributed by atoms with E-state index in [9.17, 15) is 4.79 Å². The normalized spacial score (nSPS) is 21.4. The van der Waals surface area contributed by atoms with Gasteiger partial charge >= 0.3 is 5.97 Å². The predicted molar refractivity (Wildman–Crippen MR) is 78.8 cm³/mol. The summed E-state index contributed by atoms with van der Waals surface area (Å²) in [7, 11) is 0. The van der Waals surface area contributed by atoms with E-state index >= 15 is 0 Å². The summed E-state index contributed by atoms with van der Waals surface area (Å²) in [5.41, 5.74) is 0.238. The van der Waals surface area contributed by atoms with E-state index in [1.165, 1.54) is 6.20 Å². The number of aromatic nitrogens is 1. The molecule has 2 aliphatic rings. The molecule has 6 heteroatoms. The van der Waals surface area contributed by atoms with E-state index in [0.29, 0.717) is 6.04 Å². The Labute approximate surface area is 124 Å². The van der Waals surface area contributed by atoms with Gasteiger partial charge in [-0.05, 0) is 25.0 Å². The zero-order valence-electron chi connectivity index (χ0n) is 12.1. The van der Waals surface area contributed by atoms with Crippen LogP contribution in [0.2, 0.25) is 0 Å². The number of piperidine rings is 1. The largest absolute Gasteiger partial charge is 0.478 e. The number of carboxylic acids is 1. The molecule has 114 valence electrons. The molecular formula is C15H21N3O3. The number of nitrogens with zero attached hydrogens (tertiary/aromatic N) is 3. The lowest BCUT2D eigenvalue weighted by Gasteiger charge is -2.40. The molecule has 1 aromatic heterocycles. The maximum Gasteiger partial charge on any atom is 0.337 e. The van der Waals surface area contributed by atoms with Crippen molar-refractivity contribution in [2.45, 2.75) is 18.9 Å². The first-order chi connectivity index (χ1) is 10.2. The quantitative estimate of drug-likeness (QED) is 0.899. The van der Waals surface area contributed by atoms with Crippen LogP contribution in [-0.4, -0.2) is 66.4 Å². The van der Waals surface area contributed by atoms with Crippen molar-refractivity contribution in [1.82, 2.24) is 9.88 Å². The number of morpholine rings is 1. The molecule has 0 saturated carbocycles. The summed E-state index contributed by atoms with van der Waals surface area (Å²) in [6.45, 7) is 5.71. The van der Waals surface area contributed by atoms with Crippen LogP contribution in [0.15, 0.2) is 18.3 Å². The molecule has 2 aliphatic heterocycles. The number of anilines is 1. The second kappa shape index (κ2) is 6.41. The van der Waals surface area contributed by atoms with Gasteiger partial charge in [-0.3, -0.25) is 4.90 Å². The maximum absolute atomic E-state index is 10.8. The number of carboxylic acid groups (broad SMARTS) is 1. The van der Waals surface area contributed by atoms with Crippen molar-refractivity contribution in [3.8, 4) is 0 Å². The van der Waals surface area contributed by atoms with E-state index < -0.39 is 5.97 Å². The Morgan fingerprint density at radius 3 is 2.48 bits per heavy atom. The molecule has 3 heterocycles. The van der Waals surface area contributed by atoms with Crippen LogP contribution in [-0.2, 0) is 4.74 Å². The molecule has 0 aliphatic carbocycles. The first-order valence-corrected chi connectivity index (χ1v) is 7.50. The maximum atomic E-state index is 10.8. The van der Waals surface area contributed by atoms with Gasteiger partial charge in [-0.25, -0.2) is 9.78 Å².